The summed E-state index contributed by atoms with van der Waals surface area (Å²) in [5.41, 5.74) is 0. The van der Waals surface area contributed by atoms with Gasteiger partial charge in [0.25, 0.3) is 0 Å². The molecular formula is C6H11InO. The zero-order valence-electron chi connectivity index (χ0n) is 5.17. The van der Waals surface area contributed by atoms with Crippen LogP contribution in [0.3, 0.4) is 0 Å². The summed E-state index contributed by atoms with van der Waals surface area (Å²) >= 11 is -0.213. The Kier molecular flexibility index (Phi) is 2.57. The molecule has 2 unspecified atom stereocenters. The second kappa shape index (κ2) is 3.02. The first-order chi connectivity index (χ1) is 3.80. The van der Waals surface area contributed by atoms with Crippen LogP contribution in [0.25, 0.3) is 0 Å². The summed E-state index contributed by atoms with van der Waals surface area (Å²) in [6.07, 6.45) is 1.17. The van der Waals surface area contributed by atoms with Crippen molar-refractivity contribution < 1.29 is 5.11 Å². The van der Waals surface area contributed by atoms with Crippen molar-refractivity contribution in [1.29, 1.82) is 0 Å². The third kappa shape index (κ3) is 1.59. The van der Waals surface area contributed by atoms with Crippen LogP contribution in [0.4, 0.5) is 0 Å². The Bertz CT molecular complexity index is 90.7. The average Bonchev–Trinajstić information content (AvgIpc) is 2.12. The summed E-state index contributed by atoms with van der Waals surface area (Å²) in [5, 5.41) is 9.06. The fourth-order valence-corrected chi connectivity index (χ4v) is 5.80. The van der Waals surface area contributed by atoms with Gasteiger partial charge < -0.3 is 0 Å². The second-order valence-corrected chi connectivity index (χ2v) is 6.48. The van der Waals surface area contributed by atoms with E-state index in [2.05, 4.69) is 3.76 Å². The molecule has 1 nitrogen and oxygen atoms in total. The number of aliphatic hydroxyl groups excluding tert-OH is 1. The Morgan fingerprint density at radius 1 is 1.88 bits per heavy atom. The molecule has 0 aliphatic carbocycles. The maximum absolute atomic E-state index is 9.06. The van der Waals surface area contributed by atoms with Gasteiger partial charge in [-0.3, -0.25) is 0 Å². The van der Waals surface area contributed by atoms with Crippen LogP contribution in [0.5, 0.6) is 0 Å². The van der Waals surface area contributed by atoms with Crippen molar-refractivity contribution in [2.75, 3.05) is 0 Å². The van der Waals surface area contributed by atoms with Crippen LogP contribution in [-0.4, -0.2) is 37.4 Å². The molecule has 0 saturated heterocycles. The number of hydrogen-bond donors (Lipinski definition) is 1. The van der Waals surface area contributed by atoms with E-state index in [0.29, 0.717) is 5.92 Å². The molecule has 0 aromatic carbocycles. The summed E-state index contributed by atoms with van der Waals surface area (Å²) in [6.45, 7) is 1.91. The van der Waals surface area contributed by atoms with Gasteiger partial charge in [0.2, 0.25) is 0 Å². The van der Waals surface area contributed by atoms with Gasteiger partial charge in [0.05, 0.1) is 0 Å². The monoisotopic (exact) mass is 214 g/mol. The standard InChI is InChI=1S/C6H11O.In/c1-4-5(2)6(3)7;/h1,5-7H,2,4H2,3H3;. The van der Waals surface area contributed by atoms with Crippen LogP contribution < -0.4 is 0 Å². The number of hydrogen-bond acceptors (Lipinski definition) is 1. The minimum absolute atomic E-state index is 0.0416. The maximum atomic E-state index is 9.06. The molecule has 8 heavy (non-hydrogen) atoms. The molecule has 44 valence electrons. The Hall–Kier alpha value is 0.700. The molecule has 0 amide bonds. The Labute approximate surface area is 60.9 Å². The molecule has 1 rings (SSSR count). The van der Waals surface area contributed by atoms with Gasteiger partial charge in [-0.2, -0.15) is 0 Å². The van der Waals surface area contributed by atoms with E-state index in [9.17, 15) is 0 Å². The number of aliphatic hydroxyl groups is 1. The molecule has 0 radical (unpaired) electrons. The molecule has 0 spiro atoms. The van der Waals surface area contributed by atoms with Crippen LogP contribution in [-0.2, 0) is 0 Å². The van der Waals surface area contributed by atoms with Crippen LogP contribution in [0, 0.1) is 5.92 Å². The van der Waals surface area contributed by atoms with E-state index in [-0.39, 0.29) is 28.5 Å². The Balaban J connectivity index is 2.29. The van der Waals surface area contributed by atoms with Crippen molar-refractivity contribution in [2.24, 2.45) is 5.92 Å². The molecule has 0 aromatic heterocycles. The van der Waals surface area contributed by atoms with Gasteiger partial charge in [0.15, 0.2) is 0 Å². The second-order valence-electron chi connectivity index (χ2n) is 2.44. The molecule has 1 N–H and O–H groups in total. The average molecular weight is 214 g/mol. The van der Waals surface area contributed by atoms with Gasteiger partial charge in [-0.15, -0.1) is 0 Å². The van der Waals surface area contributed by atoms with E-state index < -0.39 is 0 Å². The molecule has 2 atom stereocenters. The quantitative estimate of drug-likeness (QED) is 0.666. The van der Waals surface area contributed by atoms with Gasteiger partial charge in [-0.05, 0) is 0 Å². The minimum atomic E-state index is -0.213. The van der Waals surface area contributed by atoms with Gasteiger partial charge in [0, 0.05) is 0 Å². The third-order valence-corrected chi connectivity index (χ3v) is 5.96. The summed E-state index contributed by atoms with van der Waals surface area (Å²) in [4.78, 5) is 0. The van der Waals surface area contributed by atoms with Crippen molar-refractivity contribution in [3.8, 4) is 0 Å². The third-order valence-electron chi connectivity index (χ3n) is 1.73. The van der Waals surface area contributed by atoms with E-state index in [1.807, 2.05) is 6.92 Å². The Morgan fingerprint density at radius 2 is 2.62 bits per heavy atom. The SMILES string of the molecule is CC(O)C1C[CH]=[In][CH2]1. The van der Waals surface area contributed by atoms with Crippen molar-refractivity contribution in [2.45, 2.75) is 23.6 Å². The molecule has 1 aliphatic rings. The predicted molar refractivity (Wildman–Crippen MR) is 36.4 cm³/mol. The van der Waals surface area contributed by atoms with E-state index in [0.717, 1.165) is 0 Å². The van der Waals surface area contributed by atoms with Gasteiger partial charge in [-0.25, -0.2) is 0 Å². The zero-order chi connectivity index (χ0) is 5.98. The summed E-state index contributed by atoms with van der Waals surface area (Å²) in [6, 6.07) is 0. The van der Waals surface area contributed by atoms with E-state index in [1.54, 1.807) is 0 Å². The van der Waals surface area contributed by atoms with Gasteiger partial charge in [0.1, 0.15) is 0 Å². The van der Waals surface area contributed by atoms with Crippen LogP contribution >= 0.6 is 0 Å². The first kappa shape index (κ1) is 6.82. The summed E-state index contributed by atoms with van der Waals surface area (Å²) < 4.78 is 3.83. The molecule has 1 aliphatic heterocycles. The first-order valence-corrected chi connectivity index (χ1v) is 7.37. The topological polar surface area (TPSA) is 20.2 Å². The molecule has 0 bridgehead atoms. The van der Waals surface area contributed by atoms with Crippen molar-refractivity contribution in [3.05, 3.63) is 0 Å². The molecule has 0 saturated carbocycles. The van der Waals surface area contributed by atoms with E-state index >= 15 is 0 Å². The fraction of sp³-hybridized carbons (Fsp3) is 0.833. The van der Waals surface area contributed by atoms with Crippen molar-refractivity contribution in [1.82, 2.24) is 0 Å². The molecule has 2 heteroatoms. The Morgan fingerprint density at radius 3 is 2.88 bits per heavy atom. The van der Waals surface area contributed by atoms with Crippen LogP contribution in [0.2, 0.25) is 4.18 Å². The normalized spacial score (nSPS) is 30.0. The molecule has 0 aromatic rings. The predicted octanol–water partition coefficient (Wildman–Crippen LogP) is 0.312. The molecule has 0 fully saturated rings. The summed E-state index contributed by atoms with van der Waals surface area (Å²) in [5.74, 6) is 0.649. The molecule has 1 heterocycles. The van der Waals surface area contributed by atoms with Gasteiger partial charge >= 0.3 is 60.8 Å². The van der Waals surface area contributed by atoms with Crippen molar-refractivity contribution in [3.63, 3.8) is 0 Å². The van der Waals surface area contributed by atoms with Crippen molar-refractivity contribution >= 4 is 26.2 Å². The fourth-order valence-electron chi connectivity index (χ4n) is 1.03. The summed E-state index contributed by atoms with van der Waals surface area (Å²) in [7, 11) is 0. The van der Waals surface area contributed by atoms with Crippen LogP contribution in [0.1, 0.15) is 13.3 Å². The molecular weight excluding hydrogens is 203 g/mol. The van der Waals surface area contributed by atoms with E-state index in [4.69, 9.17) is 5.11 Å². The van der Waals surface area contributed by atoms with Crippen LogP contribution in [0.15, 0.2) is 0 Å². The first-order valence-electron chi connectivity index (χ1n) is 3.14. The zero-order valence-corrected chi connectivity index (χ0v) is 8.47. The van der Waals surface area contributed by atoms with E-state index in [1.165, 1.54) is 10.6 Å². The van der Waals surface area contributed by atoms with Gasteiger partial charge in [-0.1, -0.05) is 0 Å². The number of rotatable bonds is 1.